The first-order valence-corrected chi connectivity index (χ1v) is 13.9. The average Bonchev–Trinajstić information content (AvgIpc) is 3.37. The maximum atomic E-state index is 14.4. The summed E-state index contributed by atoms with van der Waals surface area (Å²) < 4.78 is 26.4. The molecule has 2 amide bonds. The molecule has 1 atom stereocenters. The zero-order valence-corrected chi connectivity index (χ0v) is 23.5. The van der Waals surface area contributed by atoms with E-state index < -0.39 is 23.8 Å². The molecule has 13 heteroatoms. The van der Waals surface area contributed by atoms with E-state index in [1.807, 2.05) is 12.1 Å². The quantitative estimate of drug-likeness (QED) is 0.298. The molecule has 1 aliphatic carbocycles. The number of alkyl halides is 1. The molecular formula is C29H34FN7O5. The zero-order chi connectivity index (χ0) is 29.9. The third-order valence-electron chi connectivity index (χ3n) is 7.54. The summed E-state index contributed by atoms with van der Waals surface area (Å²) in [6, 6.07) is 9.19. The Hall–Kier alpha value is -4.28. The first kappa shape index (κ1) is 29.2. The van der Waals surface area contributed by atoms with Crippen LogP contribution in [0.4, 0.5) is 14.9 Å². The molecule has 2 fully saturated rings. The molecule has 4 N–H and O–H groups in total. The van der Waals surface area contributed by atoms with Crippen LogP contribution in [0.5, 0.6) is 0 Å². The van der Waals surface area contributed by atoms with Crippen molar-refractivity contribution in [1.29, 1.82) is 5.26 Å². The van der Waals surface area contributed by atoms with Crippen molar-refractivity contribution in [3.63, 3.8) is 0 Å². The number of anilines is 1. The van der Waals surface area contributed by atoms with Crippen LogP contribution in [0, 0.1) is 11.3 Å². The van der Waals surface area contributed by atoms with E-state index in [0.717, 1.165) is 31.2 Å². The fourth-order valence-electron chi connectivity index (χ4n) is 4.91. The number of aliphatic hydroxyl groups is 1. The van der Waals surface area contributed by atoms with E-state index in [0.29, 0.717) is 35.9 Å². The summed E-state index contributed by atoms with van der Waals surface area (Å²) in [6.45, 7) is 3.17. The molecule has 2 aliphatic rings. The van der Waals surface area contributed by atoms with Crippen LogP contribution < -0.4 is 16.0 Å². The van der Waals surface area contributed by atoms with Crippen molar-refractivity contribution < 1.29 is 28.6 Å². The first-order chi connectivity index (χ1) is 20.1. The minimum Gasteiger partial charge on any atom is -0.441 e. The number of ether oxygens (including phenoxy) is 2. The van der Waals surface area contributed by atoms with Crippen molar-refractivity contribution in [1.82, 2.24) is 25.2 Å². The van der Waals surface area contributed by atoms with Gasteiger partial charge in [-0.05, 0) is 63.8 Å². The molecule has 5 rings (SSSR count). The van der Waals surface area contributed by atoms with E-state index >= 15 is 0 Å². The van der Waals surface area contributed by atoms with Gasteiger partial charge in [0.2, 0.25) is 0 Å². The zero-order valence-electron chi connectivity index (χ0n) is 23.5. The Labute approximate surface area is 242 Å². The molecule has 0 aromatic carbocycles. The molecule has 1 saturated heterocycles. The van der Waals surface area contributed by atoms with Gasteiger partial charge in [-0.1, -0.05) is 0 Å². The molecule has 0 unspecified atom stereocenters. The molecule has 0 bridgehead atoms. The summed E-state index contributed by atoms with van der Waals surface area (Å²) in [4.78, 5) is 29.8. The maximum Gasteiger partial charge on any atom is 0.407 e. The Morgan fingerprint density at radius 2 is 1.95 bits per heavy atom. The normalized spacial score (nSPS) is 19.8. The number of fused-ring (bicyclic) bond motifs is 1. The number of nitriles is 1. The lowest BCUT2D eigenvalue weighted by Crippen LogP contribution is -2.45. The Morgan fingerprint density at radius 1 is 1.21 bits per heavy atom. The third kappa shape index (κ3) is 6.78. The number of pyridine rings is 1. The predicted octanol–water partition coefficient (Wildman–Crippen LogP) is 2.95. The van der Waals surface area contributed by atoms with Gasteiger partial charge in [-0.25, -0.2) is 13.7 Å². The number of nitrogens with zero attached hydrogens (tertiary/aromatic N) is 4. The number of hydrogen-bond acceptors (Lipinski definition) is 9. The number of alkyl carbamates (subject to hydrolysis) is 1. The van der Waals surface area contributed by atoms with E-state index in [9.17, 15) is 24.3 Å². The Kier molecular flexibility index (Phi) is 8.56. The first-order valence-electron chi connectivity index (χ1n) is 13.9. The fourth-order valence-corrected chi connectivity index (χ4v) is 4.91. The average molecular weight is 580 g/mol. The van der Waals surface area contributed by atoms with Gasteiger partial charge in [0.15, 0.2) is 6.10 Å². The van der Waals surface area contributed by atoms with Gasteiger partial charge >= 0.3 is 6.09 Å². The van der Waals surface area contributed by atoms with E-state index in [2.05, 4.69) is 32.1 Å². The Bertz CT molecular complexity index is 1490. The predicted molar refractivity (Wildman–Crippen MR) is 151 cm³/mol. The van der Waals surface area contributed by atoms with E-state index in [4.69, 9.17) is 9.47 Å². The van der Waals surface area contributed by atoms with Gasteiger partial charge in [-0.3, -0.25) is 9.78 Å². The van der Waals surface area contributed by atoms with Crippen LogP contribution in [0.1, 0.15) is 55.5 Å². The summed E-state index contributed by atoms with van der Waals surface area (Å²) in [5.74, 6) is -0.529. The number of nitrogens with one attached hydrogen (secondary N) is 3. The van der Waals surface area contributed by atoms with Crippen LogP contribution in [0.25, 0.3) is 16.9 Å². The minimum absolute atomic E-state index is 0.00609. The van der Waals surface area contributed by atoms with Crippen LogP contribution in [0.3, 0.4) is 0 Å². The second kappa shape index (κ2) is 12.3. The van der Waals surface area contributed by atoms with Crippen molar-refractivity contribution in [3.8, 4) is 17.5 Å². The van der Waals surface area contributed by atoms with Crippen molar-refractivity contribution >= 4 is 23.2 Å². The van der Waals surface area contributed by atoms with E-state index in [-0.39, 0.29) is 30.3 Å². The van der Waals surface area contributed by atoms with Crippen molar-refractivity contribution in [2.24, 2.45) is 0 Å². The number of carbonyl (C=O) groups excluding carboxylic acids is 2. The van der Waals surface area contributed by atoms with Crippen LogP contribution in [0.2, 0.25) is 0 Å². The molecular weight excluding hydrogens is 545 g/mol. The van der Waals surface area contributed by atoms with Gasteiger partial charge in [0.05, 0.1) is 65.3 Å². The van der Waals surface area contributed by atoms with Gasteiger partial charge in [-0.15, -0.1) is 0 Å². The highest BCUT2D eigenvalue weighted by Gasteiger charge is 2.29. The number of carbonyl (C=O) groups is 2. The fraction of sp³-hybridized carbons (Fsp3) is 0.483. The van der Waals surface area contributed by atoms with Gasteiger partial charge in [-0.2, -0.15) is 10.4 Å². The van der Waals surface area contributed by atoms with Crippen molar-refractivity contribution in [3.05, 3.63) is 47.8 Å². The maximum absolute atomic E-state index is 14.4. The van der Waals surface area contributed by atoms with Crippen LogP contribution in [0.15, 0.2) is 36.7 Å². The highest BCUT2D eigenvalue weighted by atomic mass is 19.1. The molecule has 12 nitrogen and oxygen atoms in total. The third-order valence-corrected chi connectivity index (χ3v) is 7.54. The second-order valence-electron chi connectivity index (χ2n) is 11.3. The summed E-state index contributed by atoms with van der Waals surface area (Å²) >= 11 is 0. The van der Waals surface area contributed by atoms with Gasteiger partial charge < -0.3 is 30.5 Å². The number of halogens is 1. The summed E-state index contributed by atoms with van der Waals surface area (Å²) in [5.41, 5.74) is 1.51. The molecule has 42 heavy (non-hydrogen) atoms. The largest absolute Gasteiger partial charge is 0.441 e. The van der Waals surface area contributed by atoms with Gasteiger partial charge in [0.1, 0.15) is 12.2 Å². The monoisotopic (exact) mass is 579 g/mol. The van der Waals surface area contributed by atoms with Crippen molar-refractivity contribution in [2.75, 3.05) is 25.1 Å². The van der Waals surface area contributed by atoms with Crippen LogP contribution in [-0.2, 0) is 9.47 Å². The van der Waals surface area contributed by atoms with E-state index in [1.54, 1.807) is 16.6 Å². The Morgan fingerprint density at radius 3 is 2.62 bits per heavy atom. The summed E-state index contributed by atoms with van der Waals surface area (Å²) in [6.07, 6.45) is 3.51. The summed E-state index contributed by atoms with van der Waals surface area (Å²) in [7, 11) is 0. The van der Waals surface area contributed by atoms with E-state index in [1.165, 1.54) is 26.2 Å². The highest BCUT2D eigenvalue weighted by Crippen LogP contribution is 2.29. The molecule has 0 radical (unpaired) electrons. The standard InChI is InChI=1S/C29H34FN7O5/c1-29(2,40)26(30)14-33-27(38)22-13-32-24(25-8-7-20-9-17(11-31)12-34-37(20)25)10-23(22)35-18-3-5-19(6-4-18)36-28(39)42-21-15-41-16-21/h7-10,12-13,18-19,21,26,40H,3-6,14-16H2,1-2H3,(H,32,35)(H,33,38)(H,36,39)/t18-,19-,26-/m1/s1. The lowest BCUT2D eigenvalue weighted by atomic mass is 9.91. The lowest BCUT2D eigenvalue weighted by molar-refractivity contribution is -0.0985. The molecule has 4 heterocycles. The lowest BCUT2D eigenvalue weighted by Gasteiger charge is -2.32. The molecule has 0 spiro atoms. The molecule has 1 saturated carbocycles. The smallest absolute Gasteiger partial charge is 0.407 e. The number of hydrogen-bond donors (Lipinski definition) is 4. The number of amides is 2. The SMILES string of the molecule is CC(C)(O)[C@H](F)CNC(=O)c1cnc(-c2ccc3cc(C#N)cnn23)cc1N[C@H]1CC[C@H](NC(=O)OC2COC2)CC1. The summed E-state index contributed by atoms with van der Waals surface area (Å²) in [5, 5.41) is 32.4. The molecule has 1 aliphatic heterocycles. The second-order valence-corrected chi connectivity index (χ2v) is 11.3. The van der Waals surface area contributed by atoms with Crippen molar-refractivity contribution in [2.45, 2.75) is 69.5 Å². The van der Waals surface area contributed by atoms with Crippen LogP contribution >= 0.6 is 0 Å². The Balaban J connectivity index is 1.32. The topological polar surface area (TPSA) is 163 Å². The minimum atomic E-state index is -1.66. The number of aromatic nitrogens is 3. The van der Waals surface area contributed by atoms with Gasteiger partial charge in [0, 0.05) is 18.3 Å². The molecule has 222 valence electrons. The number of rotatable bonds is 9. The highest BCUT2D eigenvalue weighted by molar-refractivity contribution is 6.00. The van der Waals surface area contributed by atoms with Crippen LogP contribution in [-0.4, -0.2) is 81.4 Å². The molecule has 3 aromatic heterocycles. The van der Waals surface area contributed by atoms with Gasteiger partial charge in [0.25, 0.3) is 5.91 Å². The molecule has 3 aromatic rings.